The predicted octanol–water partition coefficient (Wildman–Crippen LogP) is -2.77. The second-order valence-corrected chi connectivity index (χ2v) is 3.43. The number of halogens is 2. The van der Waals surface area contributed by atoms with Gasteiger partial charge in [0, 0.05) is 0 Å². The summed E-state index contributed by atoms with van der Waals surface area (Å²) in [6, 6.07) is 8.55. The van der Waals surface area contributed by atoms with Gasteiger partial charge in [0.15, 0.2) is 0 Å². The van der Waals surface area contributed by atoms with Crippen molar-refractivity contribution in [2.75, 3.05) is 0 Å². The van der Waals surface area contributed by atoms with Crippen LogP contribution in [-0.4, -0.2) is 0 Å². The fourth-order valence-corrected chi connectivity index (χ4v) is 1.59. The number of hydrogen-bond acceptors (Lipinski definition) is 0. The molecule has 1 aromatic carbocycles. The van der Waals surface area contributed by atoms with Gasteiger partial charge in [0.05, 0.1) is 0 Å². The molecule has 83 valence electrons. The van der Waals surface area contributed by atoms with Crippen LogP contribution in [0.2, 0.25) is 0 Å². The Labute approximate surface area is 114 Å². The van der Waals surface area contributed by atoms with Gasteiger partial charge >= 0.3 is 26.2 Å². The molecule has 0 unspecified atom stereocenters. The molecule has 0 atom stereocenters. The van der Waals surface area contributed by atoms with Crippen LogP contribution in [0.4, 0.5) is 0 Å². The zero-order valence-electron chi connectivity index (χ0n) is 9.13. The molecule has 0 heterocycles. The summed E-state index contributed by atoms with van der Waals surface area (Å²) in [5.41, 5.74) is 4.20. The van der Waals surface area contributed by atoms with Gasteiger partial charge in [0.1, 0.15) is 0 Å². The first kappa shape index (κ1) is 17.8. The van der Waals surface area contributed by atoms with Gasteiger partial charge < -0.3 is 9.41 Å². The van der Waals surface area contributed by atoms with Gasteiger partial charge in [-0.25, -0.2) is 6.08 Å². The third kappa shape index (κ3) is 4.53. The summed E-state index contributed by atoms with van der Waals surface area (Å²) < 4.78 is 0. The van der Waals surface area contributed by atoms with Crippen LogP contribution in [0.3, 0.4) is 0 Å². The van der Waals surface area contributed by atoms with Crippen LogP contribution in [0, 0.1) is 13.0 Å². The van der Waals surface area contributed by atoms with Crippen molar-refractivity contribution in [3.63, 3.8) is 0 Å². The largest absolute Gasteiger partial charge is 3.00 e. The minimum atomic E-state index is 0. The molecule has 0 aromatic heterocycles. The van der Waals surface area contributed by atoms with Crippen LogP contribution in [0.5, 0.6) is 0 Å². The Morgan fingerprint density at radius 3 is 2.44 bits per heavy atom. The SMILES string of the molecule is Cc1ccccc1CC1=CC[C-]=C1.[F-].[F-].[Zr+3]. The van der Waals surface area contributed by atoms with Crippen molar-refractivity contribution in [3.05, 3.63) is 59.2 Å². The van der Waals surface area contributed by atoms with Gasteiger partial charge in [-0.05, 0) is 12.5 Å². The van der Waals surface area contributed by atoms with E-state index < -0.39 is 0 Å². The molecule has 3 heteroatoms. The molecule has 0 amide bonds. The molecule has 1 aliphatic rings. The van der Waals surface area contributed by atoms with Crippen molar-refractivity contribution in [1.29, 1.82) is 0 Å². The first-order valence-corrected chi connectivity index (χ1v) is 4.66. The van der Waals surface area contributed by atoms with E-state index in [1.807, 2.05) is 0 Å². The molecule has 1 aliphatic carbocycles. The molecular formula is C13H13F2Zr. The molecule has 0 saturated heterocycles. The van der Waals surface area contributed by atoms with Crippen molar-refractivity contribution in [3.8, 4) is 0 Å². The van der Waals surface area contributed by atoms with E-state index in [0.29, 0.717) is 0 Å². The number of hydrogen-bond donors (Lipinski definition) is 0. The number of allylic oxidation sites excluding steroid dienone is 4. The van der Waals surface area contributed by atoms with Crippen LogP contribution in [0.1, 0.15) is 17.5 Å². The van der Waals surface area contributed by atoms with E-state index in [9.17, 15) is 0 Å². The fourth-order valence-electron chi connectivity index (χ4n) is 1.59. The zero-order chi connectivity index (χ0) is 9.10. The first-order chi connectivity index (χ1) is 6.36. The summed E-state index contributed by atoms with van der Waals surface area (Å²) in [6.07, 6.45) is 9.58. The average Bonchev–Trinajstić information content (AvgIpc) is 2.61. The van der Waals surface area contributed by atoms with Crippen molar-refractivity contribution in [1.82, 2.24) is 0 Å². The Morgan fingerprint density at radius 1 is 1.19 bits per heavy atom. The van der Waals surface area contributed by atoms with E-state index in [0.717, 1.165) is 12.8 Å². The summed E-state index contributed by atoms with van der Waals surface area (Å²) in [4.78, 5) is 0. The maximum absolute atomic E-state index is 3.19. The Bertz CT molecular complexity index is 370. The predicted molar refractivity (Wildman–Crippen MR) is 55.4 cm³/mol. The van der Waals surface area contributed by atoms with Crippen LogP contribution in [0.25, 0.3) is 0 Å². The number of benzene rings is 1. The van der Waals surface area contributed by atoms with Gasteiger partial charge in [-0.2, -0.15) is 11.6 Å². The Hall–Kier alpha value is -0.557. The topological polar surface area (TPSA) is 0 Å². The number of aryl methyl sites for hydroxylation is 1. The Kier molecular flexibility index (Phi) is 9.56. The maximum atomic E-state index is 3.19. The fraction of sp³-hybridized carbons (Fsp3) is 0.231. The molecule has 1 aromatic rings. The van der Waals surface area contributed by atoms with Crippen LogP contribution in [0.15, 0.2) is 42.0 Å². The third-order valence-electron chi connectivity index (χ3n) is 2.43. The van der Waals surface area contributed by atoms with Crippen molar-refractivity contribution >= 4 is 0 Å². The summed E-state index contributed by atoms with van der Waals surface area (Å²) >= 11 is 0. The monoisotopic (exact) mass is 297 g/mol. The molecule has 2 rings (SSSR count). The summed E-state index contributed by atoms with van der Waals surface area (Å²) in [5, 5.41) is 0. The molecule has 0 N–H and O–H groups in total. The Balaban J connectivity index is 0. The maximum Gasteiger partial charge on any atom is 3.00 e. The molecule has 0 spiro atoms. The second kappa shape index (κ2) is 8.58. The van der Waals surface area contributed by atoms with Gasteiger partial charge in [0.25, 0.3) is 0 Å². The molecule has 0 bridgehead atoms. The first-order valence-electron chi connectivity index (χ1n) is 4.66. The third-order valence-corrected chi connectivity index (χ3v) is 2.43. The van der Waals surface area contributed by atoms with Crippen LogP contribution in [-0.2, 0) is 32.6 Å². The van der Waals surface area contributed by atoms with E-state index in [-0.39, 0.29) is 35.6 Å². The standard InChI is InChI=1S/C13H13.2FH.Zr/c1-11-6-2-5-9-13(11)10-12-7-3-4-8-12;;;/h2,5-9H,3,10H2,1H3;2*1H;/q-1;;;+3/p-2. The normalized spacial score (nSPS) is 11.9. The smallest absolute Gasteiger partial charge is 1.00 e. The van der Waals surface area contributed by atoms with Gasteiger partial charge in [-0.1, -0.05) is 36.2 Å². The molecule has 0 fully saturated rings. The summed E-state index contributed by atoms with van der Waals surface area (Å²) in [5.74, 6) is 0. The van der Waals surface area contributed by atoms with E-state index in [2.05, 4.69) is 49.4 Å². The van der Waals surface area contributed by atoms with Crippen LogP contribution >= 0.6 is 0 Å². The summed E-state index contributed by atoms with van der Waals surface area (Å²) in [6.45, 7) is 2.16. The van der Waals surface area contributed by atoms with Gasteiger partial charge in [0.2, 0.25) is 0 Å². The van der Waals surface area contributed by atoms with Gasteiger partial charge in [-0.15, -0.1) is 6.42 Å². The summed E-state index contributed by atoms with van der Waals surface area (Å²) in [7, 11) is 0. The van der Waals surface area contributed by atoms with E-state index in [1.54, 1.807) is 0 Å². The van der Waals surface area contributed by atoms with Gasteiger partial charge in [-0.3, -0.25) is 6.08 Å². The van der Waals surface area contributed by atoms with Crippen molar-refractivity contribution < 1.29 is 35.6 Å². The minimum Gasteiger partial charge on any atom is -1.00 e. The molecule has 1 radical (unpaired) electrons. The molecular weight excluding hydrogens is 285 g/mol. The quantitative estimate of drug-likeness (QED) is 0.519. The minimum absolute atomic E-state index is 0. The average molecular weight is 298 g/mol. The second-order valence-electron chi connectivity index (χ2n) is 3.43. The van der Waals surface area contributed by atoms with Crippen molar-refractivity contribution in [2.45, 2.75) is 19.8 Å². The zero-order valence-corrected chi connectivity index (χ0v) is 11.6. The molecule has 0 aliphatic heterocycles. The molecule has 16 heavy (non-hydrogen) atoms. The van der Waals surface area contributed by atoms with Crippen molar-refractivity contribution in [2.24, 2.45) is 0 Å². The van der Waals surface area contributed by atoms with E-state index >= 15 is 0 Å². The van der Waals surface area contributed by atoms with E-state index in [4.69, 9.17) is 0 Å². The Morgan fingerprint density at radius 2 is 1.88 bits per heavy atom. The van der Waals surface area contributed by atoms with E-state index in [1.165, 1.54) is 16.7 Å². The number of rotatable bonds is 2. The molecule has 0 nitrogen and oxygen atoms in total. The molecule has 0 saturated carbocycles. The van der Waals surface area contributed by atoms with Crippen LogP contribution < -0.4 is 9.41 Å².